The molecule has 1 rings (SSSR count). The van der Waals surface area contributed by atoms with Crippen LogP contribution in [-0.2, 0) is 14.3 Å². The van der Waals surface area contributed by atoms with Crippen LogP contribution in [0.1, 0.15) is 42.6 Å². The van der Waals surface area contributed by atoms with Crippen molar-refractivity contribution in [2.45, 2.75) is 32.3 Å². The van der Waals surface area contributed by atoms with E-state index < -0.39 is 34.1 Å². The van der Waals surface area contributed by atoms with Crippen LogP contribution in [0.3, 0.4) is 0 Å². The molecule has 0 bridgehead atoms. The first-order chi connectivity index (χ1) is 10.6. The van der Waals surface area contributed by atoms with E-state index in [9.17, 15) is 25.0 Å². The van der Waals surface area contributed by atoms with Gasteiger partial charge < -0.3 is 9.47 Å². The lowest BCUT2D eigenvalue weighted by Gasteiger charge is -2.21. The fourth-order valence-corrected chi connectivity index (χ4v) is 1.80. The highest BCUT2D eigenvalue weighted by Gasteiger charge is 2.32. The predicted molar refractivity (Wildman–Crippen MR) is 78.6 cm³/mol. The van der Waals surface area contributed by atoms with Crippen molar-refractivity contribution in [2.75, 3.05) is 7.11 Å². The van der Waals surface area contributed by atoms with Crippen LogP contribution in [0.5, 0.6) is 0 Å². The van der Waals surface area contributed by atoms with Crippen molar-refractivity contribution in [1.82, 2.24) is 0 Å². The Morgan fingerprint density at radius 3 is 2.39 bits per heavy atom. The first kappa shape index (κ1) is 18.1. The summed E-state index contributed by atoms with van der Waals surface area (Å²) in [7, 11) is 1.14. The van der Waals surface area contributed by atoms with Crippen molar-refractivity contribution >= 4 is 17.6 Å². The number of nitriles is 1. The van der Waals surface area contributed by atoms with Gasteiger partial charge in [-0.05, 0) is 32.9 Å². The van der Waals surface area contributed by atoms with E-state index in [0.29, 0.717) is 0 Å². The molecular formula is C15H16N2O6. The van der Waals surface area contributed by atoms with Crippen LogP contribution < -0.4 is 0 Å². The van der Waals surface area contributed by atoms with Crippen molar-refractivity contribution in [1.29, 1.82) is 5.26 Å². The van der Waals surface area contributed by atoms with Gasteiger partial charge in [0.2, 0.25) is 0 Å². The van der Waals surface area contributed by atoms with E-state index in [1.54, 1.807) is 26.8 Å². The minimum absolute atomic E-state index is 0.0520. The molecule has 8 heteroatoms. The van der Waals surface area contributed by atoms with Crippen molar-refractivity contribution < 1.29 is 24.0 Å². The third-order valence-electron chi connectivity index (χ3n) is 2.73. The molecule has 0 aromatic heterocycles. The molecule has 0 spiro atoms. The number of ether oxygens (including phenoxy) is 2. The number of benzene rings is 1. The van der Waals surface area contributed by atoms with Gasteiger partial charge in [0.05, 0.1) is 29.2 Å². The Morgan fingerprint density at radius 2 is 1.96 bits per heavy atom. The van der Waals surface area contributed by atoms with E-state index in [1.807, 2.05) is 0 Å². The molecule has 122 valence electrons. The lowest BCUT2D eigenvalue weighted by molar-refractivity contribution is -0.385. The second-order valence-corrected chi connectivity index (χ2v) is 5.62. The van der Waals surface area contributed by atoms with Gasteiger partial charge in [-0.2, -0.15) is 5.26 Å². The highest BCUT2D eigenvalue weighted by molar-refractivity contribution is 5.91. The fraction of sp³-hybridized carbons (Fsp3) is 0.400. The maximum atomic E-state index is 12.1. The Balaban J connectivity index is 3.34. The Bertz CT molecular complexity index is 684. The van der Waals surface area contributed by atoms with Gasteiger partial charge in [0.1, 0.15) is 5.60 Å². The van der Waals surface area contributed by atoms with Crippen molar-refractivity contribution in [3.8, 4) is 6.07 Å². The first-order valence-electron chi connectivity index (χ1n) is 6.60. The summed E-state index contributed by atoms with van der Waals surface area (Å²) in [5.74, 6) is -3.12. The smallest absolute Gasteiger partial charge is 0.338 e. The SMILES string of the molecule is COC(=O)c1ccc([C@@H](C#N)C(=O)OC(C)(C)C)c([N+](=O)[O-])c1. The van der Waals surface area contributed by atoms with Crippen molar-refractivity contribution in [3.63, 3.8) is 0 Å². The molecule has 1 atom stereocenters. The number of nitro benzene ring substituents is 1. The summed E-state index contributed by atoms with van der Waals surface area (Å²) in [6, 6.07) is 5.11. The Morgan fingerprint density at radius 1 is 1.35 bits per heavy atom. The maximum Gasteiger partial charge on any atom is 0.338 e. The van der Waals surface area contributed by atoms with Gasteiger partial charge in [-0.15, -0.1) is 0 Å². The second-order valence-electron chi connectivity index (χ2n) is 5.62. The number of carbonyl (C=O) groups is 2. The fourth-order valence-electron chi connectivity index (χ4n) is 1.80. The van der Waals surface area contributed by atoms with E-state index in [0.717, 1.165) is 13.2 Å². The molecule has 0 amide bonds. The van der Waals surface area contributed by atoms with E-state index in [4.69, 9.17) is 4.74 Å². The number of carbonyl (C=O) groups excluding carboxylic acids is 2. The summed E-state index contributed by atoms with van der Waals surface area (Å²) < 4.78 is 9.60. The third kappa shape index (κ3) is 4.51. The number of esters is 2. The molecule has 0 radical (unpaired) electrons. The number of nitrogens with zero attached hydrogens (tertiary/aromatic N) is 2. The number of hydrogen-bond donors (Lipinski definition) is 0. The van der Waals surface area contributed by atoms with Gasteiger partial charge in [0, 0.05) is 6.07 Å². The first-order valence-corrected chi connectivity index (χ1v) is 6.60. The Hall–Kier alpha value is -2.95. The minimum atomic E-state index is -1.47. The number of rotatable bonds is 4. The molecule has 0 saturated heterocycles. The molecular weight excluding hydrogens is 304 g/mol. The van der Waals surface area contributed by atoms with Crippen LogP contribution in [-0.4, -0.2) is 29.6 Å². The monoisotopic (exact) mass is 320 g/mol. The van der Waals surface area contributed by atoms with Gasteiger partial charge in [-0.3, -0.25) is 14.9 Å². The maximum absolute atomic E-state index is 12.1. The van der Waals surface area contributed by atoms with Crippen molar-refractivity contribution in [3.05, 3.63) is 39.4 Å². The topological polar surface area (TPSA) is 120 Å². The molecule has 0 aliphatic rings. The van der Waals surface area contributed by atoms with E-state index in [1.165, 1.54) is 12.1 Å². The van der Waals surface area contributed by atoms with Gasteiger partial charge in [0.25, 0.3) is 5.69 Å². The molecule has 8 nitrogen and oxygen atoms in total. The minimum Gasteiger partial charge on any atom is -0.465 e. The van der Waals surface area contributed by atoms with Crippen LogP contribution in [0.15, 0.2) is 18.2 Å². The van der Waals surface area contributed by atoms with Gasteiger partial charge >= 0.3 is 11.9 Å². The third-order valence-corrected chi connectivity index (χ3v) is 2.73. The molecule has 1 aromatic carbocycles. The zero-order valence-electron chi connectivity index (χ0n) is 13.2. The summed E-state index contributed by atoms with van der Waals surface area (Å²) in [5.41, 5.74) is -1.55. The second kappa shape index (κ2) is 6.87. The normalized spacial score (nSPS) is 12.0. The molecule has 0 aliphatic carbocycles. The lowest BCUT2D eigenvalue weighted by Crippen LogP contribution is -2.27. The molecule has 1 aromatic rings. The van der Waals surface area contributed by atoms with Crippen LogP contribution in [0, 0.1) is 21.4 Å². The quantitative estimate of drug-likeness (QED) is 0.474. The lowest BCUT2D eigenvalue weighted by atomic mass is 9.97. The molecule has 23 heavy (non-hydrogen) atoms. The molecule has 0 fully saturated rings. The van der Waals surface area contributed by atoms with Gasteiger partial charge in [-0.25, -0.2) is 4.79 Å². The van der Waals surface area contributed by atoms with E-state index in [-0.39, 0.29) is 11.1 Å². The van der Waals surface area contributed by atoms with E-state index in [2.05, 4.69) is 4.74 Å². The average Bonchev–Trinajstić information content (AvgIpc) is 2.45. The highest BCUT2D eigenvalue weighted by Crippen LogP contribution is 2.30. The van der Waals surface area contributed by atoms with Gasteiger partial charge in [-0.1, -0.05) is 0 Å². The predicted octanol–water partition coefficient (Wildman–Crippen LogP) is 2.33. The van der Waals surface area contributed by atoms with Crippen LogP contribution in [0.2, 0.25) is 0 Å². The molecule has 0 aliphatic heterocycles. The molecule has 0 unspecified atom stereocenters. The standard InChI is InChI=1S/C15H16N2O6/c1-15(2,3)23-14(19)11(8-16)10-6-5-9(13(18)22-4)7-12(10)17(20)21/h5-7,11H,1-4H3/t11-/m1/s1. The highest BCUT2D eigenvalue weighted by atomic mass is 16.6. The van der Waals surface area contributed by atoms with Crippen LogP contribution >= 0.6 is 0 Å². The molecule has 0 N–H and O–H groups in total. The van der Waals surface area contributed by atoms with Gasteiger partial charge in [0.15, 0.2) is 5.92 Å². The molecule has 0 saturated carbocycles. The zero-order valence-corrected chi connectivity index (χ0v) is 13.2. The summed E-state index contributed by atoms with van der Waals surface area (Å²) in [4.78, 5) is 34.0. The average molecular weight is 320 g/mol. The largest absolute Gasteiger partial charge is 0.465 e. The summed E-state index contributed by atoms with van der Waals surface area (Å²) in [6.45, 7) is 4.86. The number of hydrogen-bond acceptors (Lipinski definition) is 7. The van der Waals surface area contributed by atoms with Crippen molar-refractivity contribution in [2.24, 2.45) is 0 Å². The van der Waals surface area contributed by atoms with Crippen LogP contribution in [0.25, 0.3) is 0 Å². The zero-order chi connectivity index (χ0) is 17.8. The number of methoxy groups -OCH3 is 1. The number of nitro groups is 1. The van der Waals surface area contributed by atoms with Crippen LogP contribution in [0.4, 0.5) is 5.69 Å². The summed E-state index contributed by atoms with van der Waals surface area (Å²) in [6.07, 6.45) is 0. The summed E-state index contributed by atoms with van der Waals surface area (Å²) >= 11 is 0. The van der Waals surface area contributed by atoms with E-state index >= 15 is 0 Å². The summed E-state index contributed by atoms with van der Waals surface area (Å²) in [5, 5.41) is 20.4. The Kier molecular flexibility index (Phi) is 5.41. The molecule has 0 heterocycles. The Labute approximate surface area is 132 Å².